The van der Waals surface area contributed by atoms with Crippen molar-refractivity contribution in [3.63, 3.8) is 0 Å². The maximum atomic E-state index is 13.1. The average Bonchev–Trinajstić information content (AvgIpc) is 3.18. The quantitative estimate of drug-likeness (QED) is 0.368. The van der Waals surface area contributed by atoms with Crippen LogP contribution in [0.3, 0.4) is 0 Å². The number of hydrogen-bond acceptors (Lipinski definition) is 5. The number of esters is 1. The second-order valence-corrected chi connectivity index (χ2v) is 7.88. The second kappa shape index (κ2) is 10.0. The number of carbonyl (C=O) groups excluding carboxylic acids is 3. The van der Waals surface area contributed by atoms with Gasteiger partial charge in [0.1, 0.15) is 0 Å². The molecule has 34 heavy (non-hydrogen) atoms. The third-order valence-electron chi connectivity index (χ3n) is 5.51. The van der Waals surface area contributed by atoms with Crippen LogP contribution in [0.15, 0.2) is 72.8 Å². The van der Waals surface area contributed by atoms with Gasteiger partial charge in [-0.15, -0.1) is 0 Å². The Hall–Kier alpha value is -4.39. The van der Waals surface area contributed by atoms with Crippen molar-refractivity contribution >= 4 is 40.4 Å². The van der Waals surface area contributed by atoms with E-state index < -0.39 is 5.97 Å². The summed E-state index contributed by atoms with van der Waals surface area (Å²) < 4.78 is 4.79. The Bertz CT molecular complexity index is 1260. The van der Waals surface area contributed by atoms with Crippen LogP contribution in [0.25, 0.3) is 11.3 Å². The van der Waals surface area contributed by atoms with E-state index in [9.17, 15) is 14.4 Å². The van der Waals surface area contributed by atoms with Crippen molar-refractivity contribution in [3.8, 4) is 0 Å². The molecule has 0 atom stereocenters. The van der Waals surface area contributed by atoms with Crippen molar-refractivity contribution in [2.75, 3.05) is 24.3 Å². The highest BCUT2D eigenvalue weighted by Gasteiger charge is 2.29. The van der Waals surface area contributed by atoms with Crippen molar-refractivity contribution in [3.05, 3.63) is 95.1 Å². The van der Waals surface area contributed by atoms with Crippen LogP contribution in [-0.2, 0) is 20.7 Å². The minimum Gasteiger partial charge on any atom is -0.465 e. The van der Waals surface area contributed by atoms with E-state index in [4.69, 9.17) is 4.74 Å². The molecule has 3 aromatic rings. The molecule has 0 radical (unpaired) electrons. The van der Waals surface area contributed by atoms with Crippen LogP contribution in [-0.4, -0.2) is 31.4 Å². The predicted octanol–water partition coefficient (Wildman–Crippen LogP) is 4.08. The summed E-state index contributed by atoms with van der Waals surface area (Å²) in [6, 6.07) is 22.5. The Morgan fingerprint density at radius 3 is 2.35 bits per heavy atom. The van der Waals surface area contributed by atoms with Crippen LogP contribution < -0.4 is 16.0 Å². The van der Waals surface area contributed by atoms with Gasteiger partial charge < -0.3 is 20.7 Å². The van der Waals surface area contributed by atoms with Crippen molar-refractivity contribution in [2.24, 2.45) is 0 Å². The number of ether oxygens (including phenoxy) is 1. The molecule has 0 bridgehead atoms. The number of nitrogens with one attached hydrogen (secondary N) is 3. The van der Waals surface area contributed by atoms with Gasteiger partial charge in [0, 0.05) is 24.7 Å². The largest absolute Gasteiger partial charge is 0.465 e. The number of fused-ring (bicyclic) bond motifs is 1. The molecule has 0 aromatic heterocycles. The van der Waals surface area contributed by atoms with Gasteiger partial charge in [-0.25, -0.2) is 4.79 Å². The molecular formula is C27H25N3O4. The molecule has 0 spiro atoms. The molecule has 4 rings (SSSR count). The molecule has 0 aliphatic carbocycles. The van der Waals surface area contributed by atoms with Gasteiger partial charge in [-0.3, -0.25) is 9.59 Å². The Morgan fingerprint density at radius 2 is 1.68 bits per heavy atom. The van der Waals surface area contributed by atoms with E-state index in [-0.39, 0.29) is 11.8 Å². The normalized spacial score (nSPS) is 13.5. The van der Waals surface area contributed by atoms with E-state index in [1.807, 2.05) is 54.6 Å². The number of rotatable bonds is 7. The summed E-state index contributed by atoms with van der Waals surface area (Å²) in [5.74, 6) is -0.768. The molecule has 7 nitrogen and oxygen atoms in total. The van der Waals surface area contributed by atoms with Gasteiger partial charge in [0.05, 0.1) is 29.6 Å². The van der Waals surface area contributed by atoms with Crippen LogP contribution in [0.5, 0.6) is 0 Å². The Labute approximate surface area is 197 Å². The lowest BCUT2D eigenvalue weighted by Crippen LogP contribution is -2.22. The molecular weight excluding hydrogens is 430 g/mol. The first kappa shape index (κ1) is 22.8. The minimum atomic E-state index is -0.463. The molecule has 0 fully saturated rings. The molecule has 0 saturated heterocycles. The van der Waals surface area contributed by atoms with Crippen LogP contribution in [0.4, 0.5) is 11.4 Å². The smallest absolute Gasteiger partial charge is 0.337 e. The first-order valence-corrected chi connectivity index (χ1v) is 10.9. The SMILES string of the molecule is COC(=O)c1ccc2c(c1)NC(=O)C2=C(Nc1ccc(CCNC(C)=O)cc1)c1ccccc1. The van der Waals surface area contributed by atoms with Gasteiger partial charge in [0.25, 0.3) is 5.91 Å². The van der Waals surface area contributed by atoms with E-state index in [1.165, 1.54) is 14.0 Å². The van der Waals surface area contributed by atoms with E-state index in [1.54, 1.807) is 18.2 Å². The van der Waals surface area contributed by atoms with Crippen molar-refractivity contribution in [1.29, 1.82) is 0 Å². The molecule has 0 saturated carbocycles. The van der Waals surface area contributed by atoms with Crippen LogP contribution in [0.2, 0.25) is 0 Å². The molecule has 3 aromatic carbocycles. The fraction of sp³-hybridized carbons (Fsp3) is 0.148. The second-order valence-electron chi connectivity index (χ2n) is 7.88. The molecule has 2 amide bonds. The molecule has 172 valence electrons. The Balaban J connectivity index is 1.69. The average molecular weight is 456 g/mol. The number of benzene rings is 3. The molecule has 7 heteroatoms. The molecule has 1 aliphatic rings. The Kier molecular flexibility index (Phi) is 6.73. The number of carbonyl (C=O) groups is 3. The van der Waals surface area contributed by atoms with Gasteiger partial charge in [0.15, 0.2) is 0 Å². The number of methoxy groups -OCH3 is 1. The van der Waals surface area contributed by atoms with Gasteiger partial charge in [-0.05, 0) is 41.8 Å². The zero-order valence-corrected chi connectivity index (χ0v) is 19.0. The van der Waals surface area contributed by atoms with E-state index in [2.05, 4.69) is 16.0 Å². The third kappa shape index (κ3) is 4.99. The molecule has 1 heterocycles. The van der Waals surface area contributed by atoms with E-state index >= 15 is 0 Å². The zero-order valence-electron chi connectivity index (χ0n) is 19.0. The summed E-state index contributed by atoms with van der Waals surface area (Å²) in [5.41, 5.74) is 5.55. The highest BCUT2D eigenvalue weighted by molar-refractivity contribution is 6.37. The summed E-state index contributed by atoms with van der Waals surface area (Å²) in [4.78, 5) is 36.0. The fourth-order valence-corrected chi connectivity index (χ4v) is 3.83. The number of anilines is 2. The fourth-order valence-electron chi connectivity index (χ4n) is 3.83. The maximum absolute atomic E-state index is 13.1. The summed E-state index contributed by atoms with van der Waals surface area (Å²) in [7, 11) is 1.32. The van der Waals surface area contributed by atoms with Crippen molar-refractivity contribution < 1.29 is 19.1 Å². The van der Waals surface area contributed by atoms with Crippen LogP contribution in [0, 0.1) is 0 Å². The molecule has 1 aliphatic heterocycles. The first-order valence-electron chi connectivity index (χ1n) is 10.9. The van der Waals surface area contributed by atoms with E-state index in [0.717, 1.165) is 23.2 Å². The van der Waals surface area contributed by atoms with Gasteiger partial charge >= 0.3 is 5.97 Å². The van der Waals surface area contributed by atoms with Gasteiger partial charge in [-0.1, -0.05) is 48.5 Å². The summed E-state index contributed by atoms with van der Waals surface area (Å²) >= 11 is 0. The van der Waals surface area contributed by atoms with Crippen molar-refractivity contribution in [2.45, 2.75) is 13.3 Å². The standard InChI is InChI=1S/C27H25N3O4/c1-17(31)28-15-14-18-8-11-21(12-9-18)29-25(19-6-4-3-5-7-19)24-22-13-10-20(27(33)34-2)16-23(22)30-26(24)32/h3-13,16,29H,14-15H2,1-2H3,(H,28,31)(H,30,32). The van der Waals surface area contributed by atoms with Crippen LogP contribution >= 0.6 is 0 Å². The lowest BCUT2D eigenvalue weighted by molar-refractivity contribution is -0.119. The predicted molar refractivity (Wildman–Crippen MR) is 132 cm³/mol. The minimum absolute atomic E-state index is 0.0498. The monoisotopic (exact) mass is 455 g/mol. The maximum Gasteiger partial charge on any atom is 0.337 e. The molecule has 0 unspecified atom stereocenters. The third-order valence-corrected chi connectivity index (χ3v) is 5.51. The summed E-state index contributed by atoms with van der Waals surface area (Å²) in [6.45, 7) is 2.07. The summed E-state index contributed by atoms with van der Waals surface area (Å²) in [6.07, 6.45) is 0.727. The Morgan fingerprint density at radius 1 is 0.941 bits per heavy atom. The number of hydrogen-bond donors (Lipinski definition) is 3. The van der Waals surface area contributed by atoms with Gasteiger partial charge in [0.2, 0.25) is 5.91 Å². The summed E-state index contributed by atoms with van der Waals surface area (Å²) in [5, 5.41) is 9.07. The van der Waals surface area contributed by atoms with Crippen molar-refractivity contribution in [1.82, 2.24) is 5.32 Å². The lowest BCUT2D eigenvalue weighted by Gasteiger charge is -2.15. The van der Waals surface area contributed by atoms with Crippen LogP contribution in [0.1, 0.15) is 34.0 Å². The first-order chi connectivity index (χ1) is 16.5. The van der Waals surface area contributed by atoms with E-state index in [0.29, 0.717) is 34.6 Å². The highest BCUT2D eigenvalue weighted by Crippen LogP contribution is 2.38. The lowest BCUT2D eigenvalue weighted by atomic mass is 9.99. The zero-order chi connectivity index (χ0) is 24.1. The molecule has 3 N–H and O–H groups in total. The highest BCUT2D eigenvalue weighted by atomic mass is 16.5. The van der Waals surface area contributed by atoms with Gasteiger partial charge in [-0.2, -0.15) is 0 Å². The topological polar surface area (TPSA) is 96.5 Å². The number of amides is 2.